The monoisotopic (exact) mass is 256 g/mol. The Labute approximate surface area is 85.3 Å². The van der Waals surface area contributed by atoms with E-state index >= 15 is 0 Å². The molecule has 0 atom stereocenters. The average Bonchev–Trinajstić information content (AvgIpc) is 1.96. The first-order valence-corrected chi connectivity index (χ1v) is 5.60. The van der Waals surface area contributed by atoms with Gasteiger partial charge in [-0.1, -0.05) is 15.9 Å². The summed E-state index contributed by atoms with van der Waals surface area (Å²) in [6.45, 7) is 3.47. The van der Waals surface area contributed by atoms with E-state index in [-0.39, 0.29) is 12.8 Å². The van der Waals surface area contributed by atoms with Crippen LogP contribution >= 0.6 is 27.7 Å². The quantitative estimate of drug-likeness (QED) is 0.326. The SMILES string of the molecule is CSCOCOC(=O)C(C)(C)Br. The van der Waals surface area contributed by atoms with E-state index in [1.54, 1.807) is 13.8 Å². The van der Waals surface area contributed by atoms with E-state index in [4.69, 9.17) is 9.47 Å². The van der Waals surface area contributed by atoms with Crippen LogP contribution in [0.3, 0.4) is 0 Å². The first kappa shape index (κ1) is 12.3. The van der Waals surface area contributed by atoms with Crippen molar-refractivity contribution in [2.24, 2.45) is 0 Å². The molecule has 0 saturated heterocycles. The summed E-state index contributed by atoms with van der Waals surface area (Å²) in [5, 5.41) is 0. The Balaban J connectivity index is 3.45. The molecule has 72 valence electrons. The molecule has 0 fully saturated rings. The van der Waals surface area contributed by atoms with Crippen LogP contribution in [0.4, 0.5) is 0 Å². The zero-order valence-electron chi connectivity index (χ0n) is 7.43. The van der Waals surface area contributed by atoms with Crippen LogP contribution in [0.25, 0.3) is 0 Å². The van der Waals surface area contributed by atoms with Crippen LogP contribution in [-0.2, 0) is 14.3 Å². The Kier molecular flexibility index (Phi) is 5.96. The minimum Gasteiger partial charge on any atom is -0.437 e. The van der Waals surface area contributed by atoms with Crippen LogP contribution < -0.4 is 0 Å². The molecule has 0 bridgehead atoms. The van der Waals surface area contributed by atoms with Crippen molar-refractivity contribution in [3.05, 3.63) is 0 Å². The first-order chi connectivity index (χ1) is 5.48. The smallest absolute Gasteiger partial charge is 0.324 e. The fourth-order valence-corrected chi connectivity index (χ4v) is 0.733. The van der Waals surface area contributed by atoms with E-state index in [9.17, 15) is 4.79 Å². The molecule has 5 heteroatoms. The highest BCUT2D eigenvalue weighted by molar-refractivity contribution is 9.10. The topological polar surface area (TPSA) is 35.5 Å². The van der Waals surface area contributed by atoms with Crippen molar-refractivity contribution in [2.45, 2.75) is 18.2 Å². The summed E-state index contributed by atoms with van der Waals surface area (Å²) in [4.78, 5) is 11.1. The molecule has 0 aromatic carbocycles. The van der Waals surface area contributed by atoms with Crippen LogP contribution in [0.5, 0.6) is 0 Å². The first-order valence-electron chi connectivity index (χ1n) is 3.41. The van der Waals surface area contributed by atoms with Gasteiger partial charge in [0.15, 0.2) is 6.79 Å². The molecule has 0 radical (unpaired) electrons. The molecule has 0 N–H and O–H groups in total. The number of esters is 1. The average molecular weight is 257 g/mol. The zero-order chi connectivity index (χ0) is 9.61. The van der Waals surface area contributed by atoms with Gasteiger partial charge in [-0.15, -0.1) is 11.8 Å². The van der Waals surface area contributed by atoms with Gasteiger partial charge < -0.3 is 9.47 Å². The molecule has 0 saturated carbocycles. The minimum atomic E-state index is -0.629. The second-order valence-corrected chi connectivity index (χ2v) is 5.43. The number of carbonyl (C=O) groups is 1. The van der Waals surface area contributed by atoms with Crippen molar-refractivity contribution in [1.82, 2.24) is 0 Å². The molecular formula is C7H13BrO3S. The highest BCUT2D eigenvalue weighted by Gasteiger charge is 2.25. The number of carbonyl (C=O) groups excluding carboxylic acids is 1. The van der Waals surface area contributed by atoms with Crippen molar-refractivity contribution >= 4 is 33.7 Å². The number of rotatable bonds is 5. The number of alkyl halides is 1. The van der Waals surface area contributed by atoms with Crippen molar-refractivity contribution < 1.29 is 14.3 Å². The van der Waals surface area contributed by atoms with Gasteiger partial charge in [-0.05, 0) is 20.1 Å². The fourth-order valence-electron chi connectivity index (χ4n) is 0.384. The fraction of sp³-hybridized carbons (Fsp3) is 0.857. The number of thioether (sulfide) groups is 1. The number of hydrogen-bond donors (Lipinski definition) is 0. The summed E-state index contributed by atoms with van der Waals surface area (Å²) in [7, 11) is 0. The highest BCUT2D eigenvalue weighted by atomic mass is 79.9. The molecule has 0 aromatic rings. The lowest BCUT2D eigenvalue weighted by atomic mass is 10.2. The number of ether oxygens (including phenoxy) is 2. The summed E-state index contributed by atoms with van der Waals surface area (Å²) < 4.78 is 9.11. The van der Waals surface area contributed by atoms with Gasteiger partial charge in [0.1, 0.15) is 4.32 Å². The van der Waals surface area contributed by atoms with Crippen LogP contribution in [0.15, 0.2) is 0 Å². The molecule has 0 amide bonds. The Morgan fingerprint density at radius 3 is 2.58 bits per heavy atom. The standard InChI is InChI=1S/C7H13BrO3S/c1-7(2,8)6(9)11-4-10-5-12-3/h4-5H2,1-3H3. The van der Waals surface area contributed by atoms with E-state index in [0.717, 1.165) is 0 Å². The van der Waals surface area contributed by atoms with Crippen LogP contribution in [-0.4, -0.2) is 29.3 Å². The lowest BCUT2D eigenvalue weighted by Gasteiger charge is -2.14. The Bertz CT molecular complexity index is 144. The lowest BCUT2D eigenvalue weighted by molar-refractivity contribution is -0.156. The minimum absolute atomic E-state index is 0.0225. The normalized spacial score (nSPS) is 11.3. The van der Waals surface area contributed by atoms with Gasteiger partial charge in [-0.25, -0.2) is 0 Å². The van der Waals surface area contributed by atoms with Gasteiger partial charge in [0.2, 0.25) is 0 Å². The summed E-state index contributed by atoms with van der Waals surface area (Å²) >= 11 is 4.71. The second-order valence-electron chi connectivity index (χ2n) is 2.63. The molecule has 0 aromatic heterocycles. The van der Waals surface area contributed by atoms with Gasteiger partial charge in [-0.2, -0.15) is 0 Å². The summed E-state index contributed by atoms with van der Waals surface area (Å²) in [6.07, 6.45) is 1.91. The summed E-state index contributed by atoms with van der Waals surface area (Å²) in [5.41, 5.74) is 0. The molecule has 3 nitrogen and oxygen atoms in total. The van der Waals surface area contributed by atoms with Crippen LogP contribution in [0, 0.1) is 0 Å². The lowest BCUT2D eigenvalue weighted by Crippen LogP contribution is -2.27. The predicted octanol–water partition coefficient (Wildman–Crippen LogP) is 2.00. The molecule has 0 aliphatic rings. The molecule has 0 aliphatic carbocycles. The molecule has 0 aliphatic heterocycles. The van der Waals surface area contributed by atoms with Crippen molar-refractivity contribution in [1.29, 1.82) is 0 Å². The van der Waals surface area contributed by atoms with Gasteiger partial charge in [0, 0.05) is 0 Å². The second kappa shape index (κ2) is 5.83. The van der Waals surface area contributed by atoms with E-state index in [0.29, 0.717) is 5.94 Å². The maximum absolute atomic E-state index is 11.1. The van der Waals surface area contributed by atoms with E-state index in [1.807, 2.05) is 6.26 Å². The van der Waals surface area contributed by atoms with Gasteiger partial charge in [-0.3, -0.25) is 4.79 Å². The third-order valence-corrected chi connectivity index (χ3v) is 1.69. The Morgan fingerprint density at radius 1 is 1.58 bits per heavy atom. The maximum Gasteiger partial charge on any atom is 0.324 e. The molecule has 12 heavy (non-hydrogen) atoms. The number of halogens is 1. The van der Waals surface area contributed by atoms with Gasteiger partial charge in [0.05, 0.1) is 5.94 Å². The summed E-state index contributed by atoms with van der Waals surface area (Å²) in [6, 6.07) is 0. The van der Waals surface area contributed by atoms with E-state index in [1.165, 1.54) is 11.8 Å². The van der Waals surface area contributed by atoms with Gasteiger partial charge >= 0.3 is 5.97 Å². The predicted molar refractivity (Wildman–Crippen MR) is 53.4 cm³/mol. The van der Waals surface area contributed by atoms with Crippen molar-refractivity contribution in [2.75, 3.05) is 19.0 Å². The largest absolute Gasteiger partial charge is 0.437 e. The van der Waals surface area contributed by atoms with Crippen molar-refractivity contribution in [3.8, 4) is 0 Å². The molecular weight excluding hydrogens is 244 g/mol. The maximum atomic E-state index is 11.1. The van der Waals surface area contributed by atoms with E-state index in [2.05, 4.69) is 15.9 Å². The zero-order valence-corrected chi connectivity index (χ0v) is 9.83. The van der Waals surface area contributed by atoms with E-state index < -0.39 is 4.32 Å². The Hall–Kier alpha value is 0.260. The molecule has 0 rings (SSSR count). The highest BCUT2D eigenvalue weighted by Crippen LogP contribution is 2.17. The summed E-state index contributed by atoms with van der Waals surface area (Å²) in [5.74, 6) is 0.222. The van der Waals surface area contributed by atoms with Crippen molar-refractivity contribution in [3.63, 3.8) is 0 Å². The number of hydrogen-bond acceptors (Lipinski definition) is 4. The van der Waals surface area contributed by atoms with Crippen LogP contribution in [0.2, 0.25) is 0 Å². The molecule has 0 heterocycles. The third-order valence-electron chi connectivity index (χ3n) is 0.960. The van der Waals surface area contributed by atoms with Gasteiger partial charge in [0.25, 0.3) is 0 Å². The van der Waals surface area contributed by atoms with Crippen LogP contribution in [0.1, 0.15) is 13.8 Å². The Morgan fingerprint density at radius 2 is 2.17 bits per heavy atom. The molecule has 0 spiro atoms. The third kappa shape index (κ3) is 5.85. The molecule has 0 unspecified atom stereocenters.